The number of nitrogens with zero attached hydrogens (tertiary/aromatic N) is 1. The normalized spacial score (nSPS) is 10.2. The molecule has 2 rings (SSSR count). The zero-order valence-electron chi connectivity index (χ0n) is 11.5. The van der Waals surface area contributed by atoms with Gasteiger partial charge in [0.2, 0.25) is 0 Å². The fourth-order valence-electron chi connectivity index (χ4n) is 1.83. The molecule has 0 bridgehead atoms. The molecule has 6 heteroatoms. The standard InChI is InChI=1S/C15H15ClN2O3/c1-2-21-13-6-3-11(4-7-13)10-17-15-9-12(18(19)20)5-8-14(15)16/h3-9,17H,2,10H2,1H3. The number of anilines is 1. The van der Waals surface area contributed by atoms with Gasteiger partial charge in [0.25, 0.3) is 5.69 Å². The number of ether oxygens (including phenoxy) is 1. The van der Waals surface area contributed by atoms with E-state index in [0.717, 1.165) is 11.3 Å². The van der Waals surface area contributed by atoms with Crippen molar-refractivity contribution in [1.29, 1.82) is 0 Å². The van der Waals surface area contributed by atoms with Crippen molar-refractivity contribution in [2.75, 3.05) is 11.9 Å². The minimum atomic E-state index is -0.446. The molecule has 2 aromatic carbocycles. The van der Waals surface area contributed by atoms with Crippen LogP contribution in [0.4, 0.5) is 11.4 Å². The molecule has 0 saturated heterocycles. The molecule has 0 aromatic heterocycles. The van der Waals surface area contributed by atoms with Crippen LogP contribution in [0.5, 0.6) is 5.75 Å². The number of hydrogen-bond donors (Lipinski definition) is 1. The fourth-order valence-corrected chi connectivity index (χ4v) is 2.01. The average molecular weight is 307 g/mol. The summed E-state index contributed by atoms with van der Waals surface area (Å²) in [5.41, 5.74) is 1.58. The number of nitrogens with one attached hydrogen (secondary N) is 1. The molecule has 21 heavy (non-hydrogen) atoms. The molecule has 0 unspecified atom stereocenters. The van der Waals surface area contributed by atoms with Crippen LogP contribution in [0.1, 0.15) is 12.5 Å². The molecule has 5 nitrogen and oxygen atoms in total. The average Bonchev–Trinajstić information content (AvgIpc) is 2.48. The lowest BCUT2D eigenvalue weighted by molar-refractivity contribution is -0.384. The van der Waals surface area contributed by atoms with Crippen LogP contribution in [-0.2, 0) is 6.54 Å². The van der Waals surface area contributed by atoms with Crippen LogP contribution in [-0.4, -0.2) is 11.5 Å². The summed E-state index contributed by atoms with van der Waals surface area (Å²) >= 11 is 6.03. The monoisotopic (exact) mass is 306 g/mol. The van der Waals surface area contributed by atoms with Gasteiger partial charge in [-0.05, 0) is 30.7 Å². The number of nitro groups is 1. The lowest BCUT2D eigenvalue weighted by Crippen LogP contribution is -2.01. The van der Waals surface area contributed by atoms with E-state index in [2.05, 4.69) is 5.32 Å². The Kier molecular flexibility index (Phi) is 5.00. The molecule has 0 fully saturated rings. The van der Waals surface area contributed by atoms with Gasteiger partial charge in [0.05, 0.1) is 22.2 Å². The van der Waals surface area contributed by atoms with Crippen LogP contribution >= 0.6 is 11.6 Å². The first-order valence-corrected chi connectivity index (χ1v) is 6.87. The van der Waals surface area contributed by atoms with Crippen molar-refractivity contribution in [3.63, 3.8) is 0 Å². The largest absolute Gasteiger partial charge is 0.494 e. The van der Waals surface area contributed by atoms with E-state index in [1.54, 1.807) is 0 Å². The highest BCUT2D eigenvalue weighted by atomic mass is 35.5. The van der Waals surface area contributed by atoms with Crippen LogP contribution in [0.3, 0.4) is 0 Å². The van der Waals surface area contributed by atoms with Crippen molar-refractivity contribution < 1.29 is 9.66 Å². The van der Waals surface area contributed by atoms with Crippen LogP contribution in [0.25, 0.3) is 0 Å². The van der Waals surface area contributed by atoms with Gasteiger partial charge in [-0.2, -0.15) is 0 Å². The third-order valence-electron chi connectivity index (χ3n) is 2.88. The zero-order chi connectivity index (χ0) is 15.2. The molecule has 0 heterocycles. The highest BCUT2D eigenvalue weighted by molar-refractivity contribution is 6.33. The van der Waals surface area contributed by atoms with E-state index < -0.39 is 4.92 Å². The molecule has 0 aliphatic heterocycles. The van der Waals surface area contributed by atoms with E-state index in [0.29, 0.717) is 23.9 Å². The summed E-state index contributed by atoms with van der Waals surface area (Å²) in [6, 6.07) is 12.0. The van der Waals surface area contributed by atoms with Crippen LogP contribution in [0.15, 0.2) is 42.5 Å². The molecule has 0 aliphatic rings. The van der Waals surface area contributed by atoms with E-state index in [4.69, 9.17) is 16.3 Å². The van der Waals surface area contributed by atoms with Crippen molar-refractivity contribution in [2.24, 2.45) is 0 Å². The molecular formula is C15H15ClN2O3. The number of nitro benzene ring substituents is 1. The SMILES string of the molecule is CCOc1ccc(CNc2cc([N+](=O)[O-])ccc2Cl)cc1. The summed E-state index contributed by atoms with van der Waals surface area (Å²) in [6.07, 6.45) is 0. The Hall–Kier alpha value is -2.27. The summed E-state index contributed by atoms with van der Waals surface area (Å²) < 4.78 is 5.37. The van der Waals surface area contributed by atoms with E-state index in [1.807, 2.05) is 31.2 Å². The van der Waals surface area contributed by atoms with Gasteiger partial charge in [0, 0.05) is 18.7 Å². The maximum Gasteiger partial charge on any atom is 0.271 e. The minimum Gasteiger partial charge on any atom is -0.494 e. The maximum atomic E-state index is 10.8. The fraction of sp³-hybridized carbons (Fsp3) is 0.200. The number of rotatable bonds is 6. The zero-order valence-corrected chi connectivity index (χ0v) is 12.3. The van der Waals surface area contributed by atoms with Gasteiger partial charge in [-0.1, -0.05) is 23.7 Å². The lowest BCUT2D eigenvalue weighted by atomic mass is 10.2. The topological polar surface area (TPSA) is 64.4 Å². The van der Waals surface area contributed by atoms with Gasteiger partial charge in [-0.15, -0.1) is 0 Å². The molecule has 0 aliphatic carbocycles. The summed E-state index contributed by atoms with van der Waals surface area (Å²) in [7, 11) is 0. The number of halogens is 1. The van der Waals surface area contributed by atoms with Gasteiger partial charge >= 0.3 is 0 Å². The number of benzene rings is 2. The Bertz CT molecular complexity index is 629. The van der Waals surface area contributed by atoms with E-state index in [9.17, 15) is 10.1 Å². The summed E-state index contributed by atoms with van der Waals surface area (Å²) in [6.45, 7) is 3.08. The van der Waals surface area contributed by atoms with Crippen molar-refractivity contribution in [2.45, 2.75) is 13.5 Å². The second-order valence-electron chi connectivity index (χ2n) is 4.35. The van der Waals surface area contributed by atoms with E-state index in [1.165, 1.54) is 18.2 Å². The van der Waals surface area contributed by atoms with Crippen LogP contribution in [0, 0.1) is 10.1 Å². The third kappa shape index (κ3) is 4.10. The Labute approximate surface area is 127 Å². The molecular weight excluding hydrogens is 292 g/mol. The third-order valence-corrected chi connectivity index (χ3v) is 3.21. The van der Waals surface area contributed by atoms with Crippen molar-refractivity contribution in [3.8, 4) is 5.75 Å². The van der Waals surface area contributed by atoms with Crippen LogP contribution < -0.4 is 10.1 Å². The first-order chi connectivity index (χ1) is 10.1. The molecule has 2 aromatic rings. The van der Waals surface area contributed by atoms with Crippen molar-refractivity contribution >= 4 is 23.0 Å². The Morgan fingerprint density at radius 3 is 2.57 bits per heavy atom. The quantitative estimate of drug-likeness (QED) is 0.640. The maximum absolute atomic E-state index is 10.8. The van der Waals surface area contributed by atoms with Crippen molar-refractivity contribution in [1.82, 2.24) is 0 Å². The molecule has 0 saturated carbocycles. The molecule has 0 amide bonds. The molecule has 0 radical (unpaired) electrons. The summed E-state index contributed by atoms with van der Waals surface area (Å²) in [4.78, 5) is 10.3. The minimum absolute atomic E-state index is 0.00796. The molecule has 1 N–H and O–H groups in total. The second-order valence-corrected chi connectivity index (χ2v) is 4.76. The predicted octanol–water partition coefficient (Wildman–Crippen LogP) is 4.26. The summed E-state index contributed by atoms with van der Waals surface area (Å²) in [5.74, 6) is 0.814. The highest BCUT2D eigenvalue weighted by Crippen LogP contribution is 2.27. The highest BCUT2D eigenvalue weighted by Gasteiger charge is 2.09. The Balaban J connectivity index is 2.05. The van der Waals surface area contributed by atoms with Gasteiger partial charge in [-0.25, -0.2) is 0 Å². The van der Waals surface area contributed by atoms with E-state index in [-0.39, 0.29) is 5.69 Å². The number of non-ortho nitro benzene ring substituents is 1. The van der Waals surface area contributed by atoms with E-state index >= 15 is 0 Å². The molecule has 0 atom stereocenters. The lowest BCUT2D eigenvalue weighted by Gasteiger charge is -2.09. The molecule has 110 valence electrons. The first kappa shape index (κ1) is 15.1. The van der Waals surface area contributed by atoms with Crippen molar-refractivity contribution in [3.05, 3.63) is 63.2 Å². The van der Waals surface area contributed by atoms with Gasteiger partial charge in [0.15, 0.2) is 0 Å². The number of hydrogen-bond acceptors (Lipinski definition) is 4. The van der Waals surface area contributed by atoms with Gasteiger partial charge in [-0.3, -0.25) is 10.1 Å². The Morgan fingerprint density at radius 1 is 1.24 bits per heavy atom. The predicted molar refractivity (Wildman–Crippen MR) is 83.0 cm³/mol. The second kappa shape index (κ2) is 6.95. The summed E-state index contributed by atoms with van der Waals surface area (Å²) in [5, 5.41) is 14.3. The van der Waals surface area contributed by atoms with Gasteiger partial charge < -0.3 is 10.1 Å². The van der Waals surface area contributed by atoms with Gasteiger partial charge in [0.1, 0.15) is 5.75 Å². The first-order valence-electron chi connectivity index (χ1n) is 6.49. The smallest absolute Gasteiger partial charge is 0.271 e. The molecule has 0 spiro atoms. The van der Waals surface area contributed by atoms with Crippen LogP contribution in [0.2, 0.25) is 5.02 Å². The Morgan fingerprint density at radius 2 is 1.95 bits per heavy atom.